The molecule has 1 saturated heterocycles. The Kier molecular flexibility index (Phi) is 7.20. The molecule has 1 unspecified atom stereocenters. The van der Waals surface area contributed by atoms with Gasteiger partial charge in [-0.2, -0.15) is 0 Å². The van der Waals surface area contributed by atoms with Crippen LogP contribution in [0, 0.1) is 0 Å². The molecular formula is C19H25ClN4O3S. The van der Waals surface area contributed by atoms with Crippen LogP contribution in [0.4, 0.5) is 5.69 Å². The van der Waals surface area contributed by atoms with E-state index in [4.69, 9.17) is 11.6 Å². The molecule has 28 heavy (non-hydrogen) atoms. The van der Waals surface area contributed by atoms with Gasteiger partial charge in [-0.05, 0) is 24.6 Å². The van der Waals surface area contributed by atoms with Crippen molar-refractivity contribution >= 4 is 46.8 Å². The number of nitrogens with one attached hydrogen (secondary N) is 2. The number of piperazine rings is 1. The highest BCUT2D eigenvalue weighted by Crippen LogP contribution is 2.38. The summed E-state index contributed by atoms with van der Waals surface area (Å²) < 4.78 is 0. The van der Waals surface area contributed by atoms with E-state index >= 15 is 0 Å². The number of thioether (sulfide) groups is 1. The maximum absolute atomic E-state index is 12.7. The SMILES string of the molecule is CCCNC(=O)CN1CCN(C(=O)CC2Sc3ccc(Cl)cc3NC2=O)CC1. The Labute approximate surface area is 174 Å². The van der Waals surface area contributed by atoms with Crippen LogP contribution in [0.5, 0.6) is 0 Å². The van der Waals surface area contributed by atoms with E-state index < -0.39 is 5.25 Å². The van der Waals surface area contributed by atoms with Gasteiger partial charge in [0.15, 0.2) is 0 Å². The zero-order chi connectivity index (χ0) is 20.1. The number of rotatable bonds is 6. The summed E-state index contributed by atoms with van der Waals surface area (Å²) >= 11 is 7.37. The molecule has 7 nitrogen and oxygen atoms in total. The second kappa shape index (κ2) is 9.62. The number of benzene rings is 1. The van der Waals surface area contributed by atoms with Gasteiger partial charge in [0.25, 0.3) is 0 Å². The highest BCUT2D eigenvalue weighted by atomic mass is 35.5. The Hall–Kier alpha value is -1.77. The summed E-state index contributed by atoms with van der Waals surface area (Å²) in [7, 11) is 0. The number of halogens is 1. The van der Waals surface area contributed by atoms with Crippen LogP contribution in [0.2, 0.25) is 5.02 Å². The number of hydrogen-bond acceptors (Lipinski definition) is 5. The van der Waals surface area contributed by atoms with Gasteiger partial charge in [-0.1, -0.05) is 18.5 Å². The topological polar surface area (TPSA) is 81.8 Å². The summed E-state index contributed by atoms with van der Waals surface area (Å²) in [6.45, 7) is 5.54. The number of carbonyl (C=O) groups is 3. The maximum atomic E-state index is 12.7. The van der Waals surface area contributed by atoms with E-state index in [0.717, 1.165) is 11.3 Å². The van der Waals surface area contributed by atoms with Crippen molar-refractivity contribution in [3.8, 4) is 0 Å². The minimum atomic E-state index is -0.445. The third kappa shape index (κ3) is 5.40. The third-order valence-corrected chi connectivity index (χ3v) is 6.30. The lowest BCUT2D eigenvalue weighted by atomic mass is 10.2. The largest absolute Gasteiger partial charge is 0.355 e. The highest BCUT2D eigenvalue weighted by Gasteiger charge is 2.31. The number of nitrogens with zero attached hydrogens (tertiary/aromatic N) is 2. The number of hydrogen-bond donors (Lipinski definition) is 2. The minimum Gasteiger partial charge on any atom is -0.355 e. The first-order valence-electron chi connectivity index (χ1n) is 9.50. The van der Waals surface area contributed by atoms with E-state index in [-0.39, 0.29) is 24.1 Å². The van der Waals surface area contributed by atoms with Crippen LogP contribution in [0.3, 0.4) is 0 Å². The molecule has 152 valence electrons. The number of fused-ring (bicyclic) bond motifs is 1. The molecule has 1 aromatic rings. The molecular weight excluding hydrogens is 400 g/mol. The van der Waals surface area contributed by atoms with Gasteiger partial charge in [-0.15, -0.1) is 11.8 Å². The molecule has 1 aromatic carbocycles. The Balaban J connectivity index is 1.47. The fourth-order valence-electron chi connectivity index (χ4n) is 3.22. The van der Waals surface area contributed by atoms with E-state index in [1.807, 2.05) is 13.0 Å². The van der Waals surface area contributed by atoms with Crippen molar-refractivity contribution in [2.75, 3.05) is 44.6 Å². The van der Waals surface area contributed by atoms with Crippen molar-refractivity contribution in [3.05, 3.63) is 23.2 Å². The van der Waals surface area contributed by atoms with Crippen molar-refractivity contribution in [1.82, 2.24) is 15.1 Å². The Morgan fingerprint density at radius 3 is 2.75 bits per heavy atom. The van der Waals surface area contributed by atoms with Gasteiger partial charge in [-0.25, -0.2) is 0 Å². The van der Waals surface area contributed by atoms with Gasteiger partial charge in [-0.3, -0.25) is 19.3 Å². The molecule has 0 aromatic heterocycles. The fourth-order valence-corrected chi connectivity index (χ4v) is 4.48. The van der Waals surface area contributed by atoms with Gasteiger partial charge < -0.3 is 15.5 Å². The highest BCUT2D eigenvalue weighted by molar-refractivity contribution is 8.01. The van der Waals surface area contributed by atoms with E-state index in [9.17, 15) is 14.4 Å². The summed E-state index contributed by atoms with van der Waals surface area (Å²) in [4.78, 5) is 41.6. The van der Waals surface area contributed by atoms with E-state index in [0.29, 0.717) is 50.0 Å². The summed E-state index contributed by atoms with van der Waals surface area (Å²) in [5.74, 6) is -0.171. The average molecular weight is 425 g/mol. The van der Waals surface area contributed by atoms with E-state index in [1.54, 1.807) is 17.0 Å². The van der Waals surface area contributed by atoms with Crippen LogP contribution in [-0.4, -0.2) is 72.0 Å². The molecule has 2 aliphatic heterocycles. The molecule has 2 aliphatic rings. The molecule has 0 saturated carbocycles. The van der Waals surface area contributed by atoms with Crippen LogP contribution in [0.15, 0.2) is 23.1 Å². The van der Waals surface area contributed by atoms with Crippen LogP contribution in [0.1, 0.15) is 19.8 Å². The molecule has 2 heterocycles. The standard InChI is InChI=1S/C19H25ClN4O3S/c1-2-5-21-17(25)12-23-6-8-24(9-7-23)18(26)11-16-19(27)22-14-10-13(20)3-4-15(14)28-16/h3-4,10,16H,2,5-9,11-12H2,1H3,(H,21,25)(H,22,27). The second-order valence-corrected chi connectivity index (χ2v) is 8.63. The quantitative estimate of drug-likeness (QED) is 0.727. The van der Waals surface area contributed by atoms with Crippen molar-refractivity contribution in [2.24, 2.45) is 0 Å². The number of carbonyl (C=O) groups excluding carboxylic acids is 3. The maximum Gasteiger partial charge on any atom is 0.238 e. The predicted molar refractivity (Wildman–Crippen MR) is 111 cm³/mol. The van der Waals surface area contributed by atoms with Crippen molar-refractivity contribution in [2.45, 2.75) is 29.9 Å². The molecule has 0 aliphatic carbocycles. The summed E-state index contributed by atoms with van der Waals surface area (Å²) in [5.41, 5.74) is 0.696. The molecule has 3 amide bonds. The van der Waals surface area contributed by atoms with Gasteiger partial charge in [0.05, 0.1) is 17.5 Å². The normalized spacial score (nSPS) is 19.7. The first-order valence-corrected chi connectivity index (χ1v) is 10.8. The summed E-state index contributed by atoms with van der Waals surface area (Å²) in [6, 6.07) is 5.36. The van der Waals surface area contributed by atoms with Crippen LogP contribution in [-0.2, 0) is 14.4 Å². The number of anilines is 1. The van der Waals surface area contributed by atoms with E-state index in [2.05, 4.69) is 15.5 Å². The number of amides is 3. The monoisotopic (exact) mass is 424 g/mol. The fraction of sp³-hybridized carbons (Fsp3) is 0.526. The minimum absolute atomic E-state index is 0.0238. The lowest BCUT2D eigenvalue weighted by Gasteiger charge is -2.35. The Morgan fingerprint density at radius 2 is 2.04 bits per heavy atom. The molecule has 0 radical (unpaired) electrons. The molecule has 1 atom stereocenters. The smallest absolute Gasteiger partial charge is 0.238 e. The van der Waals surface area contributed by atoms with Crippen molar-refractivity contribution in [1.29, 1.82) is 0 Å². The van der Waals surface area contributed by atoms with Crippen LogP contribution < -0.4 is 10.6 Å². The molecule has 2 N–H and O–H groups in total. The first kappa shape index (κ1) is 21.0. The second-order valence-electron chi connectivity index (χ2n) is 6.95. The van der Waals surface area contributed by atoms with Crippen molar-refractivity contribution in [3.63, 3.8) is 0 Å². The van der Waals surface area contributed by atoms with Gasteiger partial charge in [0, 0.05) is 49.1 Å². The zero-order valence-corrected chi connectivity index (χ0v) is 17.4. The van der Waals surface area contributed by atoms with Gasteiger partial charge in [0.2, 0.25) is 17.7 Å². The zero-order valence-electron chi connectivity index (χ0n) is 15.9. The van der Waals surface area contributed by atoms with Crippen LogP contribution >= 0.6 is 23.4 Å². The van der Waals surface area contributed by atoms with E-state index in [1.165, 1.54) is 11.8 Å². The molecule has 0 spiro atoms. The Bertz CT molecular complexity index is 753. The Morgan fingerprint density at radius 1 is 1.29 bits per heavy atom. The molecule has 0 bridgehead atoms. The molecule has 9 heteroatoms. The van der Waals surface area contributed by atoms with Gasteiger partial charge >= 0.3 is 0 Å². The van der Waals surface area contributed by atoms with Crippen molar-refractivity contribution < 1.29 is 14.4 Å². The summed E-state index contributed by atoms with van der Waals surface area (Å²) in [5, 5.41) is 5.82. The predicted octanol–water partition coefficient (Wildman–Crippen LogP) is 1.81. The van der Waals surface area contributed by atoms with Crippen LogP contribution in [0.25, 0.3) is 0 Å². The lowest BCUT2D eigenvalue weighted by molar-refractivity contribution is -0.134. The molecule has 3 rings (SSSR count). The molecule has 1 fully saturated rings. The average Bonchev–Trinajstić information content (AvgIpc) is 2.67. The third-order valence-electron chi connectivity index (χ3n) is 4.79. The first-order chi connectivity index (χ1) is 13.5. The summed E-state index contributed by atoms with van der Waals surface area (Å²) in [6.07, 6.45) is 1.08. The van der Waals surface area contributed by atoms with Gasteiger partial charge in [0.1, 0.15) is 0 Å². The lowest BCUT2D eigenvalue weighted by Crippen LogP contribution is -2.51.